The van der Waals surface area contributed by atoms with Gasteiger partial charge in [0.05, 0.1) is 16.3 Å². The molecule has 1 fully saturated rings. The van der Waals surface area contributed by atoms with Crippen LogP contribution in [0, 0.1) is 5.92 Å². The standard InChI is InChI=1S/C16H22ClNO2/c1-3-11-7-9-12(10-8-11)18(2)15-13(16(19)20)5-4-6-14(15)17/h4-6,11-12H,3,7-10H2,1-2H3,(H,19,20). The normalized spacial score (nSPS) is 22.6. The van der Waals surface area contributed by atoms with E-state index in [1.54, 1.807) is 18.2 Å². The minimum absolute atomic E-state index is 0.289. The smallest absolute Gasteiger partial charge is 0.337 e. The van der Waals surface area contributed by atoms with E-state index in [-0.39, 0.29) is 5.56 Å². The number of anilines is 1. The van der Waals surface area contributed by atoms with Crippen molar-refractivity contribution < 1.29 is 9.90 Å². The molecule has 0 unspecified atom stereocenters. The molecule has 4 heteroatoms. The fraction of sp³-hybridized carbons (Fsp3) is 0.562. The van der Waals surface area contributed by atoms with E-state index < -0.39 is 5.97 Å². The molecule has 0 radical (unpaired) electrons. The third kappa shape index (κ3) is 3.09. The Labute approximate surface area is 125 Å². The van der Waals surface area contributed by atoms with Crippen molar-refractivity contribution in [1.29, 1.82) is 0 Å². The van der Waals surface area contributed by atoms with E-state index in [2.05, 4.69) is 11.8 Å². The molecule has 0 saturated heterocycles. The molecule has 1 N–H and O–H groups in total. The summed E-state index contributed by atoms with van der Waals surface area (Å²) in [7, 11) is 1.96. The van der Waals surface area contributed by atoms with E-state index in [1.807, 2.05) is 7.05 Å². The van der Waals surface area contributed by atoms with Crippen LogP contribution in [0.1, 0.15) is 49.4 Å². The summed E-state index contributed by atoms with van der Waals surface area (Å²) in [6.45, 7) is 2.24. The van der Waals surface area contributed by atoms with Gasteiger partial charge < -0.3 is 10.0 Å². The van der Waals surface area contributed by atoms with Gasteiger partial charge in [0, 0.05) is 13.1 Å². The predicted molar refractivity (Wildman–Crippen MR) is 82.9 cm³/mol. The summed E-state index contributed by atoms with van der Waals surface area (Å²) in [5, 5.41) is 9.85. The van der Waals surface area contributed by atoms with Gasteiger partial charge in [0.25, 0.3) is 0 Å². The highest BCUT2D eigenvalue weighted by molar-refractivity contribution is 6.34. The van der Waals surface area contributed by atoms with Gasteiger partial charge in [-0.1, -0.05) is 31.0 Å². The molecular weight excluding hydrogens is 274 g/mol. The molecular formula is C16H22ClNO2. The Morgan fingerprint density at radius 1 is 1.35 bits per heavy atom. The number of carboxylic acids is 1. The molecule has 20 heavy (non-hydrogen) atoms. The highest BCUT2D eigenvalue weighted by atomic mass is 35.5. The van der Waals surface area contributed by atoms with Crippen LogP contribution in [0.25, 0.3) is 0 Å². The van der Waals surface area contributed by atoms with Gasteiger partial charge in [-0.3, -0.25) is 0 Å². The number of hydrogen-bond acceptors (Lipinski definition) is 2. The Morgan fingerprint density at radius 3 is 2.55 bits per heavy atom. The number of halogens is 1. The minimum atomic E-state index is -0.920. The second-order valence-electron chi connectivity index (χ2n) is 5.63. The Balaban J connectivity index is 2.21. The lowest BCUT2D eigenvalue weighted by atomic mass is 9.84. The number of nitrogens with zero attached hydrogens (tertiary/aromatic N) is 1. The van der Waals surface area contributed by atoms with E-state index >= 15 is 0 Å². The molecule has 0 heterocycles. The number of hydrogen-bond donors (Lipinski definition) is 1. The van der Waals surface area contributed by atoms with Crippen molar-refractivity contribution in [1.82, 2.24) is 0 Å². The molecule has 2 rings (SSSR count). The number of aromatic carboxylic acids is 1. The summed E-state index contributed by atoms with van der Waals surface area (Å²) in [6, 6.07) is 5.46. The SMILES string of the molecule is CCC1CCC(N(C)c2c(Cl)cccc2C(=O)O)CC1. The molecule has 0 bridgehead atoms. The van der Waals surface area contributed by atoms with Gasteiger partial charge in [-0.25, -0.2) is 4.79 Å². The first-order chi connectivity index (χ1) is 9.54. The van der Waals surface area contributed by atoms with Gasteiger partial charge in [0.15, 0.2) is 0 Å². The average molecular weight is 296 g/mol. The first-order valence-corrected chi connectivity index (χ1v) is 7.67. The molecule has 1 aliphatic rings. The molecule has 1 saturated carbocycles. The quantitative estimate of drug-likeness (QED) is 0.892. The lowest BCUT2D eigenvalue weighted by molar-refractivity contribution is 0.0697. The van der Waals surface area contributed by atoms with Gasteiger partial charge >= 0.3 is 5.97 Å². The van der Waals surface area contributed by atoms with Crippen LogP contribution in [0.4, 0.5) is 5.69 Å². The largest absolute Gasteiger partial charge is 0.478 e. The van der Waals surface area contributed by atoms with Crippen LogP contribution in [0.2, 0.25) is 5.02 Å². The van der Waals surface area contributed by atoms with Gasteiger partial charge in [0.2, 0.25) is 0 Å². The first-order valence-electron chi connectivity index (χ1n) is 7.29. The van der Waals surface area contributed by atoms with Crippen LogP contribution in [0.15, 0.2) is 18.2 Å². The number of para-hydroxylation sites is 1. The summed E-state index contributed by atoms with van der Waals surface area (Å²) in [6.07, 6.45) is 5.90. The Morgan fingerprint density at radius 2 is 2.00 bits per heavy atom. The van der Waals surface area contributed by atoms with Crippen molar-refractivity contribution in [2.75, 3.05) is 11.9 Å². The highest BCUT2D eigenvalue weighted by Gasteiger charge is 2.26. The second kappa shape index (κ2) is 6.49. The van der Waals surface area contributed by atoms with Crippen molar-refractivity contribution in [2.45, 2.75) is 45.1 Å². The number of benzene rings is 1. The maximum Gasteiger partial charge on any atom is 0.337 e. The van der Waals surface area contributed by atoms with Crippen molar-refractivity contribution in [3.05, 3.63) is 28.8 Å². The van der Waals surface area contributed by atoms with Crippen LogP contribution in [0.5, 0.6) is 0 Å². The molecule has 0 aliphatic heterocycles. The molecule has 0 amide bonds. The van der Waals surface area contributed by atoms with Crippen molar-refractivity contribution >= 4 is 23.3 Å². The van der Waals surface area contributed by atoms with Gasteiger partial charge in [0.1, 0.15) is 0 Å². The van der Waals surface area contributed by atoms with Gasteiger partial charge in [-0.2, -0.15) is 0 Å². The van der Waals surface area contributed by atoms with Crippen LogP contribution in [-0.2, 0) is 0 Å². The first kappa shape index (κ1) is 15.2. The predicted octanol–water partition coefficient (Wildman–Crippen LogP) is 4.44. The number of carbonyl (C=O) groups is 1. The zero-order valence-corrected chi connectivity index (χ0v) is 12.9. The fourth-order valence-corrected chi connectivity index (χ4v) is 3.48. The molecule has 3 nitrogen and oxygen atoms in total. The highest BCUT2D eigenvalue weighted by Crippen LogP contribution is 2.35. The summed E-state index contributed by atoms with van der Waals surface area (Å²) < 4.78 is 0. The van der Waals surface area contributed by atoms with E-state index in [0.29, 0.717) is 16.8 Å². The lowest BCUT2D eigenvalue weighted by Crippen LogP contribution is -2.36. The molecule has 0 atom stereocenters. The third-order valence-corrected chi connectivity index (χ3v) is 4.82. The number of carboxylic acid groups (broad SMARTS) is 1. The number of rotatable bonds is 4. The van der Waals surface area contributed by atoms with E-state index in [0.717, 1.165) is 18.8 Å². The molecule has 1 aromatic carbocycles. The van der Waals surface area contributed by atoms with E-state index in [1.165, 1.54) is 19.3 Å². The molecule has 1 aliphatic carbocycles. The van der Waals surface area contributed by atoms with Crippen LogP contribution in [0.3, 0.4) is 0 Å². The maximum absolute atomic E-state index is 11.4. The summed E-state index contributed by atoms with van der Waals surface area (Å²) in [5.41, 5.74) is 0.944. The van der Waals surface area contributed by atoms with Crippen molar-refractivity contribution in [3.8, 4) is 0 Å². The molecule has 1 aromatic rings. The molecule has 0 spiro atoms. The van der Waals surface area contributed by atoms with E-state index in [4.69, 9.17) is 11.6 Å². The summed E-state index contributed by atoms with van der Waals surface area (Å²) in [5.74, 6) is -0.0959. The monoisotopic (exact) mass is 295 g/mol. The van der Waals surface area contributed by atoms with Crippen LogP contribution in [-0.4, -0.2) is 24.2 Å². The lowest BCUT2D eigenvalue weighted by Gasteiger charge is -2.36. The average Bonchev–Trinajstić information content (AvgIpc) is 2.46. The molecule has 0 aromatic heterocycles. The van der Waals surface area contributed by atoms with Crippen molar-refractivity contribution in [3.63, 3.8) is 0 Å². The topological polar surface area (TPSA) is 40.5 Å². The van der Waals surface area contributed by atoms with E-state index in [9.17, 15) is 9.90 Å². The fourth-order valence-electron chi connectivity index (χ4n) is 3.17. The van der Waals surface area contributed by atoms with Crippen LogP contribution < -0.4 is 4.90 Å². The van der Waals surface area contributed by atoms with Gasteiger partial charge in [-0.15, -0.1) is 0 Å². The Hall–Kier alpha value is -1.22. The summed E-state index contributed by atoms with van der Waals surface area (Å²) in [4.78, 5) is 13.4. The Kier molecular flexibility index (Phi) is 4.92. The zero-order valence-electron chi connectivity index (χ0n) is 12.1. The van der Waals surface area contributed by atoms with Gasteiger partial charge in [-0.05, 0) is 43.7 Å². The molecule has 110 valence electrons. The Bertz CT molecular complexity index is 481. The third-order valence-electron chi connectivity index (χ3n) is 4.51. The van der Waals surface area contributed by atoms with Crippen molar-refractivity contribution in [2.24, 2.45) is 5.92 Å². The minimum Gasteiger partial charge on any atom is -0.478 e. The zero-order chi connectivity index (χ0) is 14.7. The second-order valence-corrected chi connectivity index (χ2v) is 6.04. The maximum atomic E-state index is 11.4. The van der Waals surface area contributed by atoms with Crippen LogP contribution >= 0.6 is 11.6 Å². The summed E-state index contributed by atoms with van der Waals surface area (Å²) >= 11 is 6.24.